The molecule has 29 heavy (non-hydrogen) atoms. The Morgan fingerprint density at radius 1 is 1.03 bits per heavy atom. The number of ether oxygens (including phenoxy) is 2. The third-order valence-corrected chi connectivity index (χ3v) is 5.85. The van der Waals surface area contributed by atoms with E-state index in [4.69, 9.17) is 9.47 Å². The Morgan fingerprint density at radius 2 is 1.76 bits per heavy atom. The molecule has 0 aliphatic carbocycles. The number of benzene rings is 2. The summed E-state index contributed by atoms with van der Waals surface area (Å²) in [6, 6.07) is 15.4. The normalized spacial score (nSPS) is 21.5. The third-order valence-electron chi connectivity index (χ3n) is 5.85. The topological polar surface area (TPSA) is 59.1 Å². The maximum Gasteiger partial charge on any atom is 0.228 e. The number of methoxy groups -OCH3 is 2. The maximum absolute atomic E-state index is 13.3. The van der Waals surface area contributed by atoms with Crippen molar-refractivity contribution in [3.63, 3.8) is 0 Å². The molecule has 0 spiro atoms. The number of amides is 2. The SMILES string of the molecule is COc1cccc(C2CCCN2C(=O)C2CC(=O)N(c3cccc(OC)c3)C2)c1. The number of rotatable bonds is 5. The van der Waals surface area contributed by atoms with Crippen LogP contribution in [0.25, 0.3) is 0 Å². The van der Waals surface area contributed by atoms with E-state index in [2.05, 4.69) is 0 Å². The summed E-state index contributed by atoms with van der Waals surface area (Å²) >= 11 is 0. The summed E-state index contributed by atoms with van der Waals surface area (Å²) < 4.78 is 10.6. The van der Waals surface area contributed by atoms with Crippen molar-refractivity contribution in [1.82, 2.24) is 4.90 Å². The molecule has 2 aliphatic heterocycles. The predicted molar refractivity (Wildman–Crippen MR) is 110 cm³/mol. The zero-order valence-electron chi connectivity index (χ0n) is 16.8. The first kappa shape index (κ1) is 19.3. The van der Waals surface area contributed by atoms with Gasteiger partial charge in [0.25, 0.3) is 0 Å². The molecule has 2 fully saturated rings. The van der Waals surface area contributed by atoms with E-state index in [0.29, 0.717) is 12.3 Å². The molecule has 2 aliphatic rings. The monoisotopic (exact) mass is 394 g/mol. The molecule has 6 nitrogen and oxygen atoms in total. The van der Waals surface area contributed by atoms with E-state index < -0.39 is 0 Å². The molecule has 4 rings (SSSR count). The number of carbonyl (C=O) groups excluding carboxylic acids is 2. The van der Waals surface area contributed by atoms with Gasteiger partial charge in [-0.05, 0) is 42.7 Å². The first-order valence-electron chi connectivity index (χ1n) is 9.99. The minimum atomic E-state index is -0.320. The van der Waals surface area contributed by atoms with Crippen molar-refractivity contribution in [2.75, 3.05) is 32.2 Å². The number of hydrogen-bond donors (Lipinski definition) is 0. The Hall–Kier alpha value is -3.02. The Kier molecular flexibility index (Phi) is 5.43. The maximum atomic E-state index is 13.3. The van der Waals surface area contributed by atoms with Gasteiger partial charge < -0.3 is 19.3 Å². The molecule has 6 heteroatoms. The Labute approximate surface area is 171 Å². The van der Waals surface area contributed by atoms with Crippen LogP contribution >= 0.6 is 0 Å². The van der Waals surface area contributed by atoms with Crippen LogP contribution in [0, 0.1) is 5.92 Å². The van der Waals surface area contributed by atoms with E-state index in [9.17, 15) is 9.59 Å². The molecule has 0 bridgehead atoms. The van der Waals surface area contributed by atoms with Gasteiger partial charge in [-0.3, -0.25) is 9.59 Å². The summed E-state index contributed by atoms with van der Waals surface area (Å²) in [4.78, 5) is 29.6. The van der Waals surface area contributed by atoms with Crippen LogP contribution in [-0.2, 0) is 9.59 Å². The second kappa shape index (κ2) is 8.15. The minimum absolute atomic E-state index is 0.0197. The minimum Gasteiger partial charge on any atom is -0.497 e. The number of likely N-dealkylation sites (tertiary alicyclic amines) is 1. The summed E-state index contributed by atoms with van der Waals surface area (Å²) in [5.74, 6) is 1.22. The van der Waals surface area contributed by atoms with Crippen molar-refractivity contribution >= 4 is 17.5 Å². The number of nitrogens with zero attached hydrogens (tertiary/aromatic N) is 2. The lowest BCUT2D eigenvalue weighted by Crippen LogP contribution is -2.37. The molecule has 2 unspecified atom stereocenters. The van der Waals surface area contributed by atoms with Crippen molar-refractivity contribution in [1.29, 1.82) is 0 Å². The molecule has 0 radical (unpaired) electrons. The Balaban J connectivity index is 1.51. The van der Waals surface area contributed by atoms with Crippen LogP contribution in [0.3, 0.4) is 0 Å². The van der Waals surface area contributed by atoms with Crippen LogP contribution in [0.2, 0.25) is 0 Å². The fourth-order valence-corrected chi connectivity index (χ4v) is 4.36. The highest BCUT2D eigenvalue weighted by Crippen LogP contribution is 2.36. The standard InChI is InChI=1S/C23H26N2O4/c1-28-19-8-3-6-16(12-19)21-10-5-11-24(21)23(27)17-13-22(26)25(15-17)18-7-4-9-20(14-18)29-2/h3-4,6-9,12,14,17,21H,5,10-11,13,15H2,1-2H3. The molecule has 2 aromatic carbocycles. The Morgan fingerprint density at radius 3 is 2.52 bits per heavy atom. The van der Waals surface area contributed by atoms with E-state index in [1.165, 1.54) is 0 Å². The highest BCUT2D eigenvalue weighted by molar-refractivity contribution is 6.00. The average molecular weight is 394 g/mol. The first-order chi connectivity index (χ1) is 14.1. The molecule has 2 aromatic rings. The Bertz CT molecular complexity index is 913. The van der Waals surface area contributed by atoms with E-state index in [1.807, 2.05) is 53.4 Å². The molecule has 0 aromatic heterocycles. The van der Waals surface area contributed by atoms with Crippen molar-refractivity contribution < 1.29 is 19.1 Å². The smallest absolute Gasteiger partial charge is 0.228 e. The molecule has 2 heterocycles. The van der Waals surface area contributed by atoms with Gasteiger partial charge in [0, 0.05) is 31.3 Å². The summed E-state index contributed by atoms with van der Waals surface area (Å²) in [6.07, 6.45) is 2.14. The molecule has 2 saturated heterocycles. The van der Waals surface area contributed by atoms with Crippen LogP contribution in [0.4, 0.5) is 5.69 Å². The van der Waals surface area contributed by atoms with E-state index >= 15 is 0 Å². The molecule has 2 atom stereocenters. The summed E-state index contributed by atoms with van der Waals surface area (Å²) in [7, 11) is 3.25. The van der Waals surface area contributed by atoms with Gasteiger partial charge in [0.2, 0.25) is 11.8 Å². The lowest BCUT2D eigenvalue weighted by atomic mass is 10.0. The molecular formula is C23H26N2O4. The van der Waals surface area contributed by atoms with E-state index in [1.54, 1.807) is 19.1 Å². The van der Waals surface area contributed by atoms with E-state index in [0.717, 1.165) is 36.4 Å². The van der Waals surface area contributed by atoms with Gasteiger partial charge in [0.1, 0.15) is 11.5 Å². The number of anilines is 1. The zero-order chi connectivity index (χ0) is 20.4. The molecule has 0 saturated carbocycles. The van der Waals surface area contributed by atoms with Crippen LogP contribution in [0.5, 0.6) is 11.5 Å². The lowest BCUT2D eigenvalue weighted by Gasteiger charge is -2.28. The fourth-order valence-electron chi connectivity index (χ4n) is 4.36. The van der Waals surface area contributed by atoms with Gasteiger partial charge in [-0.15, -0.1) is 0 Å². The number of carbonyl (C=O) groups is 2. The van der Waals surface area contributed by atoms with Gasteiger partial charge in [0.15, 0.2) is 0 Å². The average Bonchev–Trinajstić information content (AvgIpc) is 3.40. The van der Waals surface area contributed by atoms with Crippen molar-refractivity contribution in [3.8, 4) is 11.5 Å². The van der Waals surface area contributed by atoms with Gasteiger partial charge in [0.05, 0.1) is 26.2 Å². The molecular weight excluding hydrogens is 368 g/mol. The van der Waals surface area contributed by atoms with Crippen molar-refractivity contribution in [2.24, 2.45) is 5.92 Å². The van der Waals surface area contributed by atoms with Crippen LogP contribution in [0.1, 0.15) is 30.9 Å². The quantitative estimate of drug-likeness (QED) is 0.780. The fraction of sp³-hybridized carbons (Fsp3) is 0.391. The first-order valence-corrected chi connectivity index (χ1v) is 9.99. The summed E-state index contributed by atoms with van der Waals surface area (Å²) in [5.41, 5.74) is 1.86. The van der Waals surface area contributed by atoms with Crippen LogP contribution in [-0.4, -0.2) is 44.0 Å². The van der Waals surface area contributed by atoms with Gasteiger partial charge >= 0.3 is 0 Å². The largest absolute Gasteiger partial charge is 0.497 e. The van der Waals surface area contributed by atoms with Crippen molar-refractivity contribution in [3.05, 3.63) is 54.1 Å². The second-order valence-electron chi connectivity index (χ2n) is 7.57. The van der Waals surface area contributed by atoms with Gasteiger partial charge in [-0.25, -0.2) is 0 Å². The molecule has 2 amide bonds. The lowest BCUT2D eigenvalue weighted by molar-refractivity contribution is -0.136. The zero-order valence-corrected chi connectivity index (χ0v) is 16.8. The number of hydrogen-bond acceptors (Lipinski definition) is 4. The molecule has 152 valence electrons. The van der Waals surface area contributed by atoms with Gasteiger partial charge in [-0.1, -0.05) is 18.2 Å². The summed E-state index contributed by atoms with van der Waals surface area (Å²) in [6.45, 7) is 1.14. The van der Waals surface area contributed by atoms with Crippen molar-refractivity contribution in [2.45, 2.75) is 25.3 Å². The second-order valence-corrected chi connectivity index (χ2v) is 7.57. The van der Waals surface area contributed by atoms with Crippen LogP contribution in [0.15, 0.2) is 48.5 Å². The highest BCUT2D eigenvalue weighted by Gasteiger charge is 2.40. The van der Waals surface area contributed by atoms with Gasteiger partial charge in [-0.2, -0.15) is 0 Å². The predicted octanol–water partition coefficient (Wildman–Crippen LogP) is 3.42. The summed E-state index contributed by atoms with van der Waals surface area (Å²) in [5, 5.41) is 0. The molecule has 0 N–H and O–H groups in total. The third kappa shape index (κ3) is 3.79. The highest BCUT2D eigenvalue weighted by atomic mass is 16.5. The van der Waals surface area contributed by atoms with E-state index in [-0.39, 0.29) is 30.2 Å². The van der Waals surface area contributed by atoms with Crippen LogP contribution < -0.4 is 14.4 Å².